The topological polar surface area (TPSA) is 33.1 Å². The zero-order chi connectivity index (χ0) is 24.9. The number of benzene rings is 5. The van der Waals surface area contributed by atoms with Crippen molar-refractivity contribution < 1.29 is 5.11 Å². The lowest BCUT2D eigenvalue weighted by Gasteiger charge is -2.22. The predicted molar refractivity (Wildman–Crippen MR) is 154 cm³/mol. The monoisotopic (exact) mass is 485 g/mol. The molecule has 6 rings (SSSR count). The SMILES string of the molecule is CC(C)(C)c1cc(-c2ccccc2)c(O)c(-c2csc(-c3c4ccccc4cc4ccccc34)n2)c1. The second-order valence-corrected chi connectivity index (χ2v) is 11.1. The van der Waals surface area contributed by atoms with E-state index in [4.69, 9.17) is 4.98 Å². The molecule has 1 aromatic heterocycles. The van der Waals surface area contributed by atoms with E-state index in [1.165, 1.54) is 27.1 Å². The highest BCUT2D eigenvalue weighted by Gasteiger charge is 2.22. The van der Waals surface area contributed by atoms with Crippen LogP contribution in [0, 0.1) is 0 Å². The van der Waals surface area contributed by atoms with Crippen molar-refractivity contribution in [3.05, 3.63) is 108 Å². The Balaban J connectivity index is 1.58. The Kier molecular flexibility index (Phi) is 5.39. The second-order valence-electron chi connectivity index (χ2n) is 10.3. The van der Waals surface area contributed by atoms with Crippen LogP contribution in [0.1, 0.15) is 26.3 Å². The lowest BCUT2D eigenvalue weighted by molar-refractivity contribution is 0.478. The Labute approximate surface area is 215 Å². The van der Waals surface area contributed by atoms with Crippen molar-refractivity contribution in [3.63, 3.8) is 0 Å². The zero-order valence-electron chi connectivity index (χ0n) is 20.6. The molecular formula is C33H27NOS. The second kappa shape index (κ2) is 8.61. The number of phenols is 1. The first-order valence-electron chi connectivity index (χ1n) is 12.2. The largest absolute Gasteiger partial charge is 0.507 e. The van der Waals surface area contributed by atoms with Crippen LogP contribution in [0.2, 0.25) is 0 Å². The quantitative estimate of drug-likeness (QED) is 0.253. The van der Waals surface area contributed by atoms with Gasteiger partial charge in [0.1, 0.15) is 10.8 Å². The summed E-state index contributed by atoms with van der Waals surface area (Å²) in [5.74, 6) is 0.272. The third-order valence-electron chi connectivity index (χ3n) is 6.83. The van der Waals surface area contributed by atoms with Gasteiger partial charge in [0.25, 0.3) is 0 Å². The molecule has 3 heteroatoms. The van der Waals surface area contributed by atoms with Gasteiger partial charge in [-0.05, 0) is 56.3 Å². The van der Waals surface area contributed by atoms with Gasteiger partial charge in [0, 0.05) is 22.1 Å². The summed E-state index contributed by atoms with van der Waals surface area (Å²) in [5.41, 5.74) is 5.65. The number of phenolic OH excluding ortho intramolecular Hbond substituents is 1. The first-order valence-corrected chi connectivity index (χ1v) is 13.1. The summed E-state index contributed by atoms with van der Waals surface area (Å²) in [6.07, 6.45) is 0. The van der Waals surface area contributed by atoms with E-state index in [-0.39, 0.29) is 11.2 Å². The lowest BCUT2D eigenvalue weighted by Crippen LogP contribution is -2.11. The van der Waals surface area contributed by atoms with Gasteiger partial charge in [-0.2, -0.15) is 0 Å². The summed E-state index contributed by atoms with van der Waals surface area (Å²) in [5, 5.41) is 19.3. The molecule has 0 unspecified atom stereocenters. The molecule has 0 aliphatic carbocycles. The maximum absolute atomic E-state index is 11.5. The highest BCUT2D eigenvalue weighted by Crippen LogP contribution is 2.44. The Morgan fingerprint density at radius 2 is 1.28 bits per heavy atom. The fourth-order valence-corrected chi connectivity index (χ4v) is 5.75. The van der Waals surface area contributed by atoms with E-state index < -0.39 is 0 Å². The molecule has 0 aliphatic heterocycles. The molecular weight excluding hydrogens is 458 g/mol. The summed E-state index contributed by atoms with van der Waals surface area (Å²) in [6.45, 7) is 6.60. The van der Waals surface area contributed by atoms with Crippen LogP contribution in [-0.2, 0) is 5.41 Å². The number of nitrogens with zero attached hydrogens (tertiary/aromatic N) is 1. The van der Waals surface area contributed by atoms with Crippen molar-refractivity contribution in [1.29, 1.82) is 0 Å². The zero-order valence-corrected chi connectivity index (χ0v) is 21.4. The van der Waals surface area contributed by atoms with Crippen LogP contribution in [-0.4, -0.2) is 10.1 Å². The molecule has 36 heavy (non-hydrogen) atoms. The van der Waals surface area contributed by atoms with Crippen LogP contribution in [0.4, 0.5) is 0 Å². The minimum Gasteiger partial charge on any atom is -0.507 e. The van der Waals surface area contributed by atoms with Gasteiger partial charge in [0.05, 0.1) is 5.69 Å². The number of hydrogen-bond acceptors (Lipinski definition) is 3. The number of thiazole rings is 1. The molecule has 0 fully saturated rings. The van der Waals surface area contributed by atoms with Crippen molar-refractivity contribution >= 4 is 32.9 Å². The van der Waals surface area contributed by atoms with Crippen LogP contribution >= 0.6 is 11.3 Å². The van der Waals surface area contributed by atoms with Gasteiger partial charge in [-0.15, -0.1) is 11.3 Å². The molecule has 6 aromatic rings. The van der Waals surface area contributed by atoms with E-state index in [1.54, 1.807) is 11.3 Å². The molecule has 1 N–H and O–H groups in total. The average molecular weight is 486 g/mol. The summed E-state index contributed by atoms with van der Waals surface area (Å²) >= 11 is 1.63. The third kappa shape index (κ3) is 3.86. The Hall–Kier alpha value is -3.95. The molecule has 0 aliphatic rings. The highest BCUT2D eigenvalue weighted by atomic mass is 32.1. The predicted octanol–water partition coefficient (Wildman–Crippen LogP) is 9.45. The Bertz CT molecular complexity index is 1670. The Morgan fingerprint density at radius 1 is 0.694 bits per heavy atom. The fourth-order valence-electron chi connectivity index (χ4n) is 4.86. The summed E-state index contributed by atoms with van der Waals surface area (Å²) in [4.78, 5) is 5.13. The van der Waals surface area contributed by atoms with E-state index in [2.05, 4.69) is 92.9 Å². The molecule has 1 heterocycles. The number of fused-ring (bicyclic) bond motifs is 2. The minimum atomic E-state index is -0.0728. The van der Waals surface area contributed by atoms with E-state index in [0.29, 0.717) is 0 Å². The molecule has 0 atom stereocenters. The van der Waals surface area contributed by atoms with Crippen molar-refractivity contribution in [1.82, 2.24) is 4.98 Å². The van der Waals surface area contributed by atoms with Crippen LogP contribution in [0.25, 0.3) is 54.5 Å². The molecule has 5 aromatic carbocycles. The van der Waals surface area contributed by atoms with Crippen molar-refractivity contribution in [3.8, 4) is 38.7 Å². The van der Waals surface area contributed by atoms with E-state index >= 15 is 0 Å². The van der Waals surface area contributed by atoms with Crippen LogP contribution in [0.3, 0.4) is 0 Å². The molecule has 0 bridgehead atoms. The standard InChI is InChI=1S/C33H27NOS/c1-33(2,3)24-18-27(21-11-5-4-6-12-21)31(35)28(19-24)29-20-36-32(34-29)30-25-15-9-7-13-22(25)17-23-14-8-10-16-26(23)30/h4-20,35H,1-3H3. The van der Waals surface area contributed by atoms with E-state index in [9.17, 15) is 5.11 Å². The number of aromatic nitrogens is 1. The molecule has 2 nitrogen and oxygen atoms in total. The molecule has 176 valence electrons. The normalized spacial score (nSPS) is 11.9. The van der Waals surface area contributed by atoms with Crippen molar-refractivity contribution in [2.75, 3.05) is 0 Å². The molecule has 0 saturated carbocycles. The number of rotatable bonds is 3. The van der Waals surface area contributed by atoms with Gasteiger partial charge in [0.15, 0.2) is 0 Å². The van der Waals surface area contributed by atoms with E-state index in [0.717, 1.165) is 33.0 Å². The first kappa shape index (κ1) is 22.5. The van der Waals surface area contributed by atoms with Gasteiger partial charge >= 0.3 is 0 Å². The third-order valence-corrected chi connectivity index (χ3v) is 7.69. The summed E-state index contributed by atoms with van der Waals surface area (Å²) in [6, 6.07) is 33.5. The molecule has 0 saturated heterocycles. The lowest BCUT2D eigenvalue weighted by atomic mass is 9.83. The molecule has 0 amide bonds. The molecule has 0 spiro atoms. The summed E-state index contributed by atoms with van der Waals surface area (Å²) < 4.78 is 0. The smallest absolute Gasteiger partial charge is 0.132 e. The van der Waals surface area contributed by atoms with Gasteiger partial charge in [0.2, 0.25) is 0 Å². The first-order chi connectivity index (χ1) is 17.4. The van der Waals surface area contributed by atoms with Crippen LogP contribution < -0.4 is 0 Å². The average Bonchev–Trinajstić information content (AvgIpc) is 3.36. The maximum atomic E-state index is 11.5. The number of hydrogen-bond donors (Lipinski definition) is 1. The van der Waals surface area contributed by atoms with Gasteiger partial charge < -0.3 is 5.11 Å². The van der Waals surface area contributed by atoms with E-state index in [1.807, 2.05) is 30.3 Å². The maximum Gasteiger partial charge on any atom is 0.132 e. The van der Waals surface area contributed by atoms with Gasteiger partial charge in [-0.3, -0.25) is 0 Å². The van der Waals surface area contributed by atoms with Crippen LogP contribution in [0.15, 0.2) is 102 Å². The van der Waals surface area contributed by atoms with Crippen LogP contribution in [0.5, 0.6) is 5.75 Å². The molecule has 0 radical (unpaired) electrons. The van der Waals surface area contributed by atoms with Gasteiger partial charge in [-0.1, -0.05) is 99.6 Å². The Morgan fingerprint density at radius 3 is 1.92 bits per heavy atom. The fraction of sp³-hybridized carbons (Fsp3) is 0.121. The van der Waals surface area contributed by atoms with Crippen molar-refractivity contribution in [2.45, 2.75) is 26.2 Å². The highest BCUT2D eigenvalue weighted by molar-refractivity contribution is 7.13. The summed E-state index contributed by atoms with van der Waals surface area (Å²) in [7, 11) is 0. The minimum absolute atomic E-state index is 0.0728. The van der Waals surface area contributed by atoms with Gasteiger partial charge in [-0.25, -0.2) is 4.98 Å². The number of aromatic hydroxyl groups is 1. The van der Waals surface area contributed by atoms with Crippen molar-refractivity contribution in [2.24, 2.45) is 0 Å².